The van der Waals surface area contributed by atoms with E-state index in [-0.39, 0.29) is 36.0 Å². The first-order valence-electron chi connectivity index (χ1n) is 4.48. The molecule has 8 heteroatoms. The van der Waals surface area contributed by atoms with E-state index in [0.717, 1.165) is 4.90 Å². The van der Waals surface area contributed by atoms with Crippen molar-refractivity contribution in [3.05, 3.63) is 0 Å². The van der Waals surface area contributed by atoms with E-state index in [1.807, 2.05) is 0 Å². The number of hydrogen-bond donors (Lipinski definition) is 1. The summed E-state index contributed by atoms with van der Waals surface area (Å²) >= 11 is 0. The predicted octanol–water partition coefficient (Wildman–Crippen LogP) is -3.79. The van der Waals surface area contributed by atoms with Gasteiger partial charge in [0.15, 0.2) is 9.84 Å². The van der Waals surface area contributed by atoms with Crippen LogP contribution in [0.1, 0.15) is 20.3 Å². The van der Waals surface area contributed by atoms with Crippen LogP contribution < -0.4 is 29.6 Å². The fourth-order valence-corrected chi connectivity index (χ4v) is 4.36. The van der Waals surface area contributed by atoms with Gasteiger partial charge in [-0.2, -0.15) is 0 Å². The first-order chi connectivity index (χ1) is 6.71. The Balaban J connectivity index is 0.00000128. The van der Waals surface area contributed by atoms with Crippen LogP contribution in [0.2, 0.25) is 0 Å². The molecular formula is C8H11NNaO5S+. The van der Waals surface area contributed by atoms with Crippen molar-refractivity contribution in [2.45, 2.75) is 36.4 Å². The smallest absolute Gasteiger partial charge is 0.480 e. The number of carbonyl (C=O) groups excluding carboxylic acids is 1. The third-order valence-electron chi connectivity index (χ3n) is 3.21. The van der Waals surface area contributed by atoms with Crippen molar-refractivity contribution in [3.63, 3.8) is 0 Å². The molecule has 0 aromatic heterocycles. The number of carboxylic acids is 1. The Labute approximate surface area is 115 Å². The first kappa shape index (κ1) is 14.0. The Morgan fingerprint density at radius 1 is 1.50 bits per heavy atom. The number of fused-ring (bicyclic) bond motifs is 1. The maximum absolute atomic E-state index is 11.9. The topological polar surface area (TPSA) is 91.8 Å². The molecule has 2 aliphatic rings. The van der Waals surface area contributed by atoms with E-state index in [1.54, 1.807) is 0 Å². The number of amides is 1. The molecule has 2 saturated heterocycles. The zero-order valence-electron chi connectivity index (χ0n) is 9.30. The maximum atomic E-state index is 11.9. The Morgan fingerprint density at radius 2 is 2.00 bits per heavy atom. The van der Waals surface area contributed by atoms with Crippen LogP contribution in [0.15, 0.2) is 0 Å². The predicted molar refractivity (Wildman–Crippen MR) is 49.7 cm³/mol. The van der Waals surface area contributed by atoms with E-state index in [0.29, 0.717) is 0 Å². The van der Waals surface area contributed by atoms with Gasteiger partial charge in [-0.3, -0.25) is 4.79 Å². The second-order valence-corrected chi connectivity index (χ2v) is 7.04. The number of carbonyl (C=O) groups is 2. The van der Waals surface area contributed by atoms with Gasteiger partial charge in [0, 0.05) is 0 Å². The molecule has 0 unspecified atom stereocenters. The third-order valence-corrected chi connectivity index (χ3v) is 6.01. The second kappa shape index (κ2) is 3.69. The Hall–Kier alpha value is -0.110. The van der Waals surface area contributed by atoms with Crippen molar-refractivity contribution in [3.8, 4) is 0 Å². The summed E-state index contributed by atoms with van der Waals surface area (Å²) in [6.07, 6.45) is -0.0878. The summed E-state index contributed by atoms with van der Waals surface area (Å²) in [5, 5.41) is 8.03. The van der Waals surface area contributed by atoms with E-state index >= 15 is 0 Å². The summed E-state index contributed by atoms with van der Waals surface area (Å²) in [5.74, 6) is -1.67. The SMILES string of the molecule is CC1(C)[C@H](C(=O)O)N2C(=O)C[C@H]2S1(=O)=O.[Na+]. The summed E-state index contributed by atoms with van der Waals surface area (Å²) < 4.78 is 22.4. The summed E-state index contributed by atoms with van der Waals surface area (Å²) in [4.78, 5) is 23.2. The van der Waals surface area contributed by atoms with Crippen LogP contribution in [0.4, 0.5) is 0 Å². The molecule has 2 atom stereocenters. The molecule has 2 rings (SSSR count). The van der Waals surface area contributed by atoms with Gasteiger partial charge in [-0.1, -0.05) is 0 Å². The summed E-state index contributed by atoms with van der Waals surface area (Å²) in [7, 11) is -3.57. The van der Waals surface area contributed by atoms with E-state index < -0.39 is 37.9 Å². The molecule has 1 N–H and O–H groups in total. The van der Waals surface area contributed by atoms with E-state index in [1.165, 1.54) is 13.8 Å². The van der Waals surface area contributed by atoms with Crippen molar-refractivity contribution in [2.24, 2.45) is 0 Å². The van der Waals surface area contributed by atoms with Gasteiger partial charge in [0.05, 0.1) is 11.2 Å². The van der Waals surface area contributed by atoms with Crippen LogP contribution in [0.5, 0.6) is 0 Å². The minimum Gasteiger partial charge on any atom is -0.480 e. The zero-order valence-corrected chi connectivity index (χ0v) is 12.1. The molecule has 2 aliphatic heterocycles. The molecule has 0 aromatic rings. The fourth-order valence-electron chi connectivity index (χ4n) is 2.23. The van der Waals surface area contributed by atoms with E-state index in [9.17, 15) is 18.0 Å². The number of rotatable bonds is 1. The molecule has 2 fully saturated rings. The van der Waals surface area contributed by atoms with Crippen molar-refractivity contribution >= 4 is 21.7 Å². The van der Waals surface area contributed by atoms with Gasteiger partial charge in [0.25, 0.3) is 0 Å². The van der Waals surface area contributed by atoms with Crippen molar-refractivity contribution < 1.29 is 52.7 Å². The van der Waals surface area contributed by atoms with Crippen LogP contribution in [-0.4, -0.2) is 46.5 Å². The standard InChI is InChI=1S/C8H11NO5S.Na/c1-8(2)6(7(11)12)9-4(10)3-5(9)15(8,13)14;/h5-6H,3H2,1-2H3,(H,11,12);/q;+1/t5-,6+;/m1./s1. The minimum absolute atomic E-state index is 0. The van der Waals surface area contributed by atoms with E-state index in [2.05, 4.69) is 0 Å². The van der Waals surface area contributed by atoms with Crippen LogP contribution in [0.3, 0.4) is 0 Å². The van der Waals surface area contributed by atoms with Crippen molar-refractivity contribution in [2.75, 3.05) is 0 Å². The van der Waals surface area contributed by atoms with Gasteiger partial charge in [0.2, 0.25) is 5.91 Å². The molecule has 6 nitrogen and oxygen atoms in total. The maximum Gasteiger partial charge on any atom is 1.00 e. The number of aliphatic carboxylic acids is 1. The minimum atomic E-state index is -3.57. The number of nitrogens with zero attached hydrogens (tertiary/aromatic N) is 1. The molecule has 0 aromatic carbocycles. The van der Waals surface area contributed by atoms with Crippen LogP contribution >= 0.6 is 0 Å². The van der Waals surface area contributed by atoms with Gasteiger partial charge in [-0.05, 0) is 13.8 Å². The Morgan fingerprint density at radius 3 is 2.31 bits per heavy atom. The number of β-lactam (4-membered cyclic amide) rings is 1. The molecule has 0 radical (unpaired) electrons. The van der Waals surface area contributed by atoms with Crippen LogP contribution in [0, 0.1) is 0 Å². The molecule has 84 valence electrons. The summed E-state index contributed by atoms with van der Waals surface area (Å²) in [6.45, 7) is 2.71. The molecule has 0 spiro atoms. The van der Waals surface area contributed by atoms with Crippen molar-refractivity contribution in [1.29, 1.82) is 0 Å². The molecule has 2 heterocycles. The molecule has 0 bridgehead atoms. The average Bonchev–Trinajstić information content (AvgIpc) is 2.19. The van der Waals surface area contributed by atoms with Crippen LogP contribution in [-0.2, 0) is 19.4 Å². The van der Waals surface area contributed by atoms with Gasteiger partial charge in [-0.15, -0.1) is 0 Å². The summed E-state index contributed by atoms with van der Waals surface area (Å²) in [5.41, 5.74) is 0. The zero-order chi connectivity index (χ0) is 11.6. The Kier molecular flexibility index (Phi) is 3.22. The summed E-state index contributed by atoms with van der Waals surface area (Å²) in [6, 6.07) is -1.26. The van der Waals surface area contributed by atoms with Crippen LogP contribution in [0.25, 0.3) is 0 Å². The first-order valence-corrected chi connectivity index (χ1v) is 6.03. The average molecular weight is 256 g/mol. The monoisotopic (exact) mass is 256 g/mol. The second-order valence-electron chi connectivity index (χ2n) is 4.35. The van der Waals surface area contributed by atoms with Gasteiger partial charge in [0.1, 0.15) is 11.4 Å². The number of hydrogen-bond acceptors (Lipinski definition) is 4. The quantitative estimate of drug-likeness (QED) is 0.384. The van der Waals surface area contributed by atoms with E-state index in [4.69, 9.17) is 5.11 Å². The number of sulfone groups is 1. The van der Waals surface area contributed by atoms with Crippen molar-refractivity contribution in [1.82, 2.24) is 4.90 Å². The molecule has 0 aliphatic carbocycles. The Bertz CT molecular complexity index is 457. The fraction of sp³-hybridized carbons (Fsp3) is 0.750. The molecular weight excluding hydrogens is 245 g/mol. The number of carboxylic acid groups (broad SMARTS) is 1. The largest absolute Gasteiger partial charge is 1.00 e. The normalized spacial score (nSPS) is 33.6. The molecule has 16 heavy (non-hydrogen) atoms. The molecule has 1 amide bonds. The van der Waals surface area contributed by atoms with Gasteiger partial charge >= 0.3 is 35.5 Å². The van der Waals surface area contributed by atoms with Gasteiger partial charge in [-0.25, -0.2) is 13.2 Å². The van der Waals surface area contributed by atoms with Gasteiger partial charge < -0.3 is 10.0 Å². The molecule has 0 saturated carbocycles. The third kappa shape index (κ3) is 1.38.